The van der Waals surface area contributed by atoms with Gasteiger partial charge in [-0.15, -0.1) is 0 Å². The summed E-state index contributed by atoms with van der Waals surface area (Å²) in [5, 5.41) is 0. The van der Waals surface area contributed by atoms with E-state index in [9.17, 15) is 4.39 Å². The van der Waals surface area contributed by atoms with Gasteiger partial charge in [0, 0.05) is 30.8 Å². The van der Waals surface area contributed by atoms with Gasteiger partial charge in [0.25, 0.3) is 0 Å². The van der Waals surface area contributed by atoms with E-state index in [1.807, 2.05) is 18.9 Å². The molecule has 1 rings (SSSR count). The number of halogens is 1. The molecular weight excluding hydrogens is 251 g/mol. The standard InChI is InChI=1S/C13H19FN2OS/c1-3-17-8-7-16(2)9-10-5-4-6-11(12(10)14)13(15)18/h4-6H,3,7-9H2,1-2H3,(H2,15,18). The van der Waals surface area contributed by atoms with Crippen LogP contribution in [0, 0.1) is 5.82 Å². The Kier molecular flexibility index (Phi) is 6.18. The van der Waals surface area contributed by atoms with Gasteiger partial charge in [0.1, 0.15) is 10.8 Å². The smallest absolute Gasteiger partial charge is 0.137 e. The molecule has 0 aliphatic carbocycles. The van der Waals surface area contributed by atoms with Crippen LogP contribution in [0.4, 0.5) is 4.39 Å². The molecule has 0 aromatic heterocycles. The predicted octanol–water partition coefficient (Wildman–Crippen LogP) is 1.93. The van der Waals surface area contributed by atoms with Crippen molar-refractivity contribution in [1.82, 2.24) is 4.90 Å². The van der Waals surface area contributed by atoms with Crippen LogP contribution < -0.4 is 5.73 Å². The molecule has 100 valence electrons. The number of likely N-dealkylation sites (N-methyl/N-ethyl adjacent to an activating group) is 1. The van der Waals surface area contributed by atoms with Crippen LogP contribution in [0.5, 0.6) is 0 Å². The monoisotopic (exact) mass is 270 g/mol. The molecule has 5 heteroatoms. The van der Waals surface area contributed by atoms with E-state index in [1.165, 1.54) is 0 Å². The van der Waals surface area contributed by atoms with Crippen molar-refractivity contribution in [1.29, 1.82) is 0 Å². The highest BCUT2D eigenvalue weighted by molar-refractivity contribution is 7.80. The zero-order valence-corrected chi connectivity index (χ0v) is 11.6. The van der Waals surface area contributed by atoms with Crippen LogP contribution >= 0.6 is 12.2 Å². The van der Waals surface area contributed by atoms with E-state index in [0.29, 0.717) is 30.9 Å². The first kappa shape index (κ1) is 15.0. The number of benzene rings is 1. The Hall–Kier alpha value is -1.04. The van der Waals surface area contributed by atoms with Crippen molar-refractivity contribution in [3.63, 3.8) is 0 Å². The third kappa shape index (κ3) is 4.33. The van der Waals surface area contributed by atoms with Crippen LogP contribution in [0.25, 0.3) is 0 Å². The fourth-order valence-electron chi connectivity index (χ4n) is 1.63. The summed E-state index contributed by atoms with van der Waals surface area (Å²) in [6.07, 6.45) is 0. The molecule has 0 spiro atoms. The molecule has 0 atom stereocenters. The lowest BCUT2D eigenvalue weighted by molar-refractivity contribution is 0.120. The first-order valence-electron chi connectivity index (χ1n) is 5.89. The lowest BCUT2D eigenvalue weighted by Gasteiger charge is -2.17. The Morgan fingerprint density at radius 1 is 1.50 bits per heavy atom. The highest BCUT2D eigenvalue weighted by atomic mass is 32.1. The number of nitrogens with two attached hydrogens (primary N) is 1. The van der Waals surface area contributed by atoms with Gasteiger partial charge in [0.2, 0.25) is 0 Å². The molecule has 0 aliphatic heterocycles. The highest BCUT2D eigenvalue weighted by Gasteiger charge is 2.11. The summed E-state index contributed by atoms with van der Waals surface area (Å²) in [4.78, 5) is 2.09. The van der Waals surface area contributed by atoms with E-state index in [4.69, 9.17) is 22.7 Å². The molecule has 0 heterocycles. The van der Waals surface area contributed by atoms with E-state index in [-0.39, 0.29) is 10.8 Å². The van der Waals surface area contributed by atoms with Crippen LogP contribution in [0.3, 0.4) is 0 Å². The van der Waals surface area contributed by atoms with Gasteiger partial charge in [-0.3, -0.25) is 4.90 Å². The number of nitrogens with zero attached hydrogens (tertiary/aromatic N) is 1. The van der Waals surface area contributed by atoms with Crippen LogP contribution in [0.15, 0.2) is 18.2 Å². The van der Waals surface area contributed by atoms with Crippen molar-refractivity contribution in [3.05, 3.63) is 35.1 Å². The minimum Gasteiger partial charge on any atom is -0.389 e. The molecule has 1 aromatic carbocycles. The molecule has 3 nitrogen and oxygen atoms in total. The zero-order valence-electron chi connectivity index (χ0n) is 10.8. The maximum Gasteiger partial charge on any atom is 0.137 e. The van der Waals surface area contributed by atoms with Crippen LogP contribution in [0.1, 0.15) is 18.1 Å². The largest absolute Gasteiger partial charge is 0.389 e. The first-order valence-corrected chi connectivity index (χ1v) is 6.30. The number of rotatable bonds is 7. The first-order chi connectivity index (χ1) is 8.56. The van der Waals surface area contributed by atoms with Crippen molar-refractivity contribution < 1.29 is 9.13 Å². The number of thiocarbonyl (C=S) groups is 1. The molecule has 0 aliphatic rings. The second-order valence-corrected chi connectivity index (χ2v) is 4.52. The predicted molar refractivity (Wildman–Crippen MR) is 75.1 cm³/mol. The van der Waals surface area contributed by atoms with Gasteiger partial charge in [-0.1, -0.05) is 24.4 Å². The minimum atomic E-state index is -0.326. The fraction of sp³-hybridized carbons (Fsp3) is 0.462. The number of hydrogen-bond donors (Lipinski definition) is 1. The maximum absolute atomic E-state index is 14.0. The molecule has 0 unspecified atom stereocenters. The lowest BCUT2D eigenvalue weighted by atomic mass is 10.1. The molecule has 0 radical (unpaired) electrons. The Balaban J connectivity index is 2.67. The summed E-state index contributed by atoms with van der Waals surface area (Å²) in [5.41, 5.74) is 6.37. The van der Waals surface area contributed by atoms with E-state index in [2.05, 4.69) is 0 Å². The molecule has 1 aromatic rings. The van der Waals surface area contributed by atoms with Crippen LogP contribution in [-0.2, 0) is 11.3 Å². The van der Waals surface area contributed by atoms with Gasteiger partial charge in [0.15, 0.2) is 0 Å². The summed E-state index contributed by atoms with van der Waals surface area (Å²) in [6.45, 7) is 4.55. The van der Waals surface area contributed by atoms with Crippen molar-refractivity contribution in [2.45, 2.75) is 13.5 Å². The summed E-state index contributed by atoms with van der Waals surface area (Å²) in [5.74, 6) is -0.326. The SMILES string of the molecule is CCOCCN(C)Cc1cccc(C(N)=S)c1F. The van der Waals surface area contributed by atoms with Gasteiger partial charge in [-0.25, -0.2) is 4.39 Å². The minimum absolute atomic E-state index is 0.0892. The van der Waals surface area contributed by atoms with Gasteiger partial charge < -0.3 is 10.5 Å². The molecule has 0 bridgehead atoms. The molecule has 2 N–H and O–H groups in total. The maximum atomic E-state index is 14.0. The Morgan fingerprint density at radius 3 is 2.83 bits per heavy atom. The third-order valence-electron chi connectivity index (χ3n) is 2.61. The molecule has 0 saturated carbocycles. The topological polar surface area (TPSA) is 38.5 Å². The van der Waals surface area contributed by atoms with Gasteiger partial charge in [0.05, 0.1) is 6.61 Å². The van der Waals surface area contributed by atoms with Gasteiger partial charge in [-0.2, -0.15) is 0 Å². The Labute approximate surface area is 113 Å². The van der Waals surface area contributed by atoms with E-state index < -0.39 is 0 Å². The average Bonchev–Trinajstić information content (AvgIpc) is 2.32. The molecular formula is C13H19FN2OS. The molecule has 0 saturated heterocycles. The van der Waals surface area contributed by atoms with Crippen molar-refractivity contribution >= 4 is 17.2 Å². The normalized spacial score (nSPS) is 10.9. The third-order valence-corrected chi connectivity index (χ3v) is 2.83. The Bertz CT molecular complexity index is 412. The van der Waals surface area contributed by atoms with Crippen LogP contribution in [-0.4, -0.2) is 36.7 Å². The van der Waals surface area contributed by atoms with E-state index in [0.717, 1.165) is 6.54 Å². The quantitative estimate of drug-likeness (QED) is 0.607. The second-order valence-electron chi connectivity index (χ2n) is 4.08. The van der Waals surface area contributed by atoms with Gasteiger partial charge in [-0.05, 0) is 20.0 Å². The van der Waals surface area contributed by atoms with Crippen LogP contribution in [0.2, 0.25) is 0 Å². The summed E-state index contributed by atoms with van der Waals surface area (Å²) in [7, 11) is 1.92. The van der Waals surface area contributed by atoms with Crippen molar-refractivity contribution in [2.24, 2.45) is 5.73 Å². The summed E-state index contributed by atoms with van der Waals surface area (Å²) >= 11 is 4.81. The average molecular weight is 270 g/mol. The zero-order chi connectivity index (χ0) is 13.5. The number of ether oxygens (including phenoxy) is 1. The molecule has 18 heavy (non-hydrogen) atoms. The highest BCUT2D eigenvalue weighted by Crippen LogP contribution is 2.14. The second kappa shape index (κ2) is 7.41. The lowest BCUT2D eigenvalue weighted by Crippen LogP contribution is -2.24. The molecule has 0 amide bonds. The summed E-state index contributed by atoms with van der Waals surface area (Å²) < 4.78 is 19.3. The van der Waals surface area contributed by atoms with E-state index >= 15 is 0 Å². The van der Waals surface area contributed by atoms with Gasteiger partial charge >= 0.3 is 0 Å². The Morgan fingerprint density at radius 2 is 2.22 bits per heavy atom. The molecule has 0 fully saturated rings. The fourth-order valence-corrected chi connectivity index (χ4v) is 1.78. The van der Waals surface area contributed by atoms with E-state index in [1.54, 1.807) is 18.2 Å². The van der Waals surface area contributed by atoms with Crippen molar-refractivity contribution in [2.75, 3.05) is 26.8 Å². The van der Waals surface area contributed by atoms with Crippen molar-refractivity contribution in [3.8, 4) is 0 Å². The summed E-state index contributed by atoms with van der Waals surface area (Å²) in [6, 6.07) is 5.11. The number of hydrogen-bond acceptors (Lipinski definition) is 3.